The van der Waals surface area contributed by atoms with E-state index in [1.165, 1.54) is 4.90 Å². The van der Waals surface area contributed by atoms with Gasteiger partial charge in [0, 0.05) is 24.6 Å². The van der Waals surface area contributed by atoms with E-state index in [4.69, 9.17) is 5.73 Å². The number of hydrogen-bond acceptors (Lipinski definition) is 4. The second-order valence-corrected chi connectivity index (χ2v) is 6.21. The molecule has 5 heteroatoms. The molecule has 2 atom stereocenters. The van der Waals surface area contributed by atoms with Crippen molar-refractivity contribution in [3.8, 4) is 0 Å². The molecular weight excluding hydrogens is 248 g/mol. The first-order chi connectivity index (χ1) is 8.43. The van der Waals surface area contributed by atoms with Gasteiger partial charge >= 0.3 is 0 Å². The fourth-order valence-corrected chi connectivity index (χ4v) is 3.12. The van der Waals surface area contributed by atoms with Crippen LogP contribution in [-0.4, -0.2) is 40.2 Å². The predicted octanol–water partition coefficient (Wildman–Crippen LogP) is 1.41. The minimum Gasteiger partial charge on any atom is -0.328 e. The van der Waals surface area contributed by atoms with Crippen LogP contribution in [0, 0.1) is 5.92 Å². The molecular formula is C13H22N2O2S. The number of rotatable bonds is 6. The molecule has 18 heavy (non-hydrogen) atoms. The molecule has 0 aromatic rings. The summed E-state index contributed by atoms with van der Waals surface area (Å²) in [5.74, 6) is 0.741. The minimum absolute atomic E-state index is 0.00847. The smallest absolute Gasteiger partial charge is 0.240 e. The number of amides is 1. The number of ketones is 1. The summed E-state index contributed by atoms with van der Waals surface area (Å²) in [5.41, 5.74) is 6.39. The first kappa shape index (κ1) is 15.2. The average molecular weight is 270 g/mol. The van der Waals surface area contributed by atoms with Crippen LogP contribution in [0.15, 0.2) is 12.3 Å². The van der Waals surface area contributed by atoms with Crippen molar-refractivity contribution >= 4 is 23.5 Å². The molecule has 4 nitrogen and oxygen atoms in total. The summed E-state index contributed by atoms with van der Waals surface area (Å²) in [6, 6.07) is -0.549. The molecule has 0 aromatic carbocycles. The van der Waals surface area contributed by atoms with E-state index in [1.807, 2.05) is 20.8 Å². The highest BCUT2D eigenvalue weighted by molar-refractivity contribution is 8.00. The molecule has 2 N–H and O–H groups in total. The van der Waals surface area contributed by atoms with Gasteiger partial charge in [0.05, 0.1) is 5.25 Å². The molecule has 102 valence electrons. The van der Waals surface area contributed by atoms with Crippen LogP contribution in [0.25, 0.3) is 0 Å². The Morgan fingerprint density at radius 2 is 2.22 bits per heavy atom. The summed E-state index contributed by atoms with van der Waals surface area (Å²) in [6.07, 6.45) is 0.624. The van der Waals surface area contributed by atoms with Crippen molar-refractivity contribution in [1.29, 1.82) is 0 Å². The van der Waals surface area contributed by atoms with E-state index in [-0.39, 0.29) is 29.4 Å². The Morgan fingerprint density at radius 3 is 2.67 bits per heavy atom. The van der Waals surface area contributed by atoms with Gasteiger partial charge in [-0.15, -0.1) is 11.8 Å². The lowest BCUT2D eigenvalue weighted by molar-refractivity contribution is -0.135. The molecule has 1 rings (SSSR count). The van der Waals surface area contributed by atoms with Crippen molar-refractivity contribution in [1.82, 2.24) is 4.90 Å². The second-order valence-electron chi connectivity index (χ2n) is 4.73. The van der Waals surface area contributed by atoms with E-state index in [2.05, 4.69) is 6.58 Å². The molecule has 0 spiro atoms. The van der Waals surface area contributed by atoms with E-state index in [0.29, 0.717) is 6.42 Å². The Morgan fingerprint density at radius 1 is 1.61 bits per heavy atom. The lowest BCUT2D eigenvalue weighted by atomic mass is 10.0. The van der Waals surface area contributed by atoms with E-state index < -0.39 is 6.04 Å². The van der Waals surface area contributed by atoms with Gasteiger partial charge in [-0.25, -0.2) is 0 Å². The average Bonchev–Trinajstić information content (AvgIpc) is 2.58. The summed E-state index contributed by atoms with van der Waals surface area (Å²) in [7, 11) is 0. The fourth-order valence-electron chi connectivity index (χ4n) is 2.15. The van der Waals surface area contributed by atoms with Crippen molar-refractivity contribution < 1.29 is 9.59 Å². The van der Waals surface area contributed by atoms with Crippen LogP contribution >= 0.6 is 11.8 Å². The second kappa shape index (κ2) is 6.38. The Hall–Kier alpha value is -0.810. The quantitative estimate of drug-likeness (QED) is 0.792. The summed E-state index contributed by atoms with van der Waals surface area (Å²) in [4.78, 5) is 25.9. The van der Waals surface area contributed by atoms with E-state index in [1.54, 1.807) is 11.8 Å². The third kappa shape index (κ3) is 2.95. The highest BCUT2D eigenvalue weighted by atomic mass is 32.2. The third-order valence-electron chi connectivity index (χ3n) is 3.07. The van der Waals surface area contributed by atoms with E-state index in [0.717, 1.165) is 11.4 Å². The molecule has 0 aliphatic carbocycles. The zero-order valence-electron chi connectivity index (χ0n) is 11.3. The van der Waals surface area contributed by atoms with Crippen LogP contribution in [0.1, 0.15) is 27.2 Å². The highest BCUT2D eigenvalue weighted by Crippen LogP contribution is 2.32. The number of Topliss-reactive ketones (excluding diaryl/α,β-unsaturated/α-hetero) is 1. The van der Waals surface area contributed by atoms with Gasteiger partial charge < -0.3 is 10.6 Å². The maximum atomic E-state index is 12.3. The largest absolute Gasteiger partial charge is 0.328 e. The summed E-state index contributed by atoms with van der Waals surface area (Å²) >= 11 is 1.60. The van der Waals surface area contributed by atoms with Crippen LogP contribution in [0.4, 0.5) is 0 Å². The van der Waals surface area contributed by atoms with Gasteiger partial charge in [-0.1, -0.05) is 27.4 Å². The fraction of sp³-hybridized carbons (Fsp3) is 0.692. The number of nitrogens with two attached hydrogens (primary N) is 1. The molecule has 0 radical (unpaired) electrons. The molecule has 2 unspecified atom stereocenters. The van der Waals surface area contributed by atoms with Crippen LogP contribution in [-0.2, 0) is 9.59 Å². The first-order valence-electron chi connectivity index (χ1n) is 6.30. The molecule has 1 saturated heterocycles. The Balaban J connectivity index is 2.90. The molecule has 1 aliphatic rings. The maximum Gasteiger partial charge on any atom is 0.240 e. The molecule has 0 bridgehead atoms. The van der Waals surface area contributed by atoms with Gasteiger partial charge in [0.2, 0.25) is 5.91 Å². The van der Waals surface area contributed by atoms with Crippen LogP contribution in [0.2, 0.25) is 0 Å². The molecule has 0 saturated carbocycles. The molecule has 1 heterocycles. The van der Waals surface area contributed by atoms with E-state index in [9.17, 15) is 9.59 Å². The number of carbonyl (C=O) groups excluding carboxylic acids is 2. The predicted molar refractivity (Wildman–Crippen MR) is 75.2 cm³/mol. The number of nitrogens with zero attached hydrogens (tertiary/aromatic N) is 1. The van der Waals surface area contributed by atoms with Crippen molar-refractivity contribution in [2.24, 2.45) is 11.7 Å². The molecule has 1 amide bonds. The van der Waals surface area contributed by atoms with Crippen molar-refractivity contribution in [2.75, 3.05) is 12.3 Å². The zero-order chi connectivity index (χ0) is 13.9. The van der Waals surface area contributed by atoms with E-state index >= 15 is 0 Å². The maximum absolute atomic E-state index is 12.3. The van der Waals surface area contributed by atoms with Gasteiger partial charge in [0.1, 0.15) is 6.04 Å². The standard InChI is InChI=1S/C13H22N2O2S/c1-5-18-11-6-9(4)15(13(11)17)10(7-14)12(16)8(2)3/h8,10-11H,4-7,14H2,1-3H3. The summed E-state index contributed by atoms with van der Waals surface area (Å²) < 4.78 is 0. The van der Waals surface area contributed by atoms with Gasteiger partial charge in [0.15, 0.2) is 5.78 Å². The van der Waals surface area contributed by atoms with Crippen molar-refractivity contribution in [3.63, 3.8) is 0 Å². The number of likely N-dealkylation sites (tertiary alicyclic amines) is 1. The minimum atomic E-state index is -0.549. The lowest BCUT2D eigenvalue weighted by Crippen LogP contribution is -2.48. The van der Waals surface area contributed by atoms with Crippen LogP contribution < -0.4 is 5.73 Å². The number of carbonyl (C=O) groups is 2. The highest BCUT2D eigenvalue weighted by Gasteiger charge is 2.41. The normalized spacial score (nSPS) is 21.8. The monoisotopic (exact) mass is 270 g/mol. The summed E-state index contributed by atoms with van der Waals surface area (Å²) in [5, 5.41) is -0.100. The van der Waals surface area contributed by atoms with Crippen LogP contribution in [0.3, 0.4) is 0 Å². The molecule has 1 aliphatic heterocycles. The third-order valence-corrected chi connectivity index (χ3v) is 4.18. The first-order valence-corrected chi connectivity index (χ1v) is 7.35. The van der Waals surface area contributed by atoms with Gasteiger partial charge in [-0.05, 0) is 5.75 Å². The Bertz CT molecular complexity index is 355. The topological polar surface area (TPSA) is 63.4 Å². The number of thioether (sulfide) groups is 1. The van der Waals surface area contributed by atoms with Crippen molar-refractivity contribution in [2.45, 2.75) is 38.5 Å². The SMILES string of the molecule is C=C1CC(SCC)C(=O)N1C(CN)C(=O)C(C)C. The van der Waals surface area contributed by atoms with Gasteiger partial charge in [0.25, 0.3) is 0 Å². The Labute approximate surface area is 113 Å². The summed E-state index contributed by atoms with van der Waals surface area (Å²) in [6.45, 7) is 9.74. The number of hydrogen-bond donors (Lipinski definition) is 1. The zero-order valence-corrected chi connectivity index (χ0v) is 12.1. The van der Waals surface area contributed by atoms with Gasteiger partial charge in [-0.3, -0.25) is 9.59 Å². The molecule has 1 fully saturated rings. The number of allylic oxidation sites excluding steroid dienone is 1. The lowest BCUT2D eigenvalue weighted by Gasteiger charge is -2.28. The Kier molecular flexibility index (Phi) is 5.41. The van der Waals surface area contributed by atoms with Gasteiger partial charge in [-0.2, -0.15) is 0 Å². The van der Waals surface area contributed by atoms with Crippen LogP contribution in [0.5, 0.6) is 0 Å². The van der Waals surface area contributed by atoms with Crippen molar-refractivity contribution in [3.05, 3.63) is 12.3 Å². The molecule has 0 aromatic heterocycles.